The van der Waals surface area contributed by atoms with E-state index in [-0.39, 0.29) is 34.8 Å². The highest BCUT2D eigenvalue weighted by Gasteiger charge is 2.18. The first kappa shape index (κ1) is 12.2. The van der Waals surface area contributed by atoms with Crippen LogP contribution < -0.4 is 5.63 Å². The molecule has 0 unspecified atom stereocenters. The Morgan fingerprint density at radius 1 is 1.25 bits per heavy atom. The third kappa shape index (κ3) is 1.78. The lowest BCUT2D eigenvalue weighted by Gasteiger charge is -2.06. The molecule has 0 fully saturated rings. The monoisotopic (exact) mass is 271 g/mol. The largest absolute Gasteiger partial charge is 0.508 e. The predicted molar refractivity (Wildman–Crippen MR) is 72.3 cm³/mol. The van der Waals surface area contributed by atoms with Crippen LogP contribution in [-0.2, 0) is 6.42 Å². The first-order chi connectivity index (χ1) is 9.60. The van der Waals surface area contributed by atoms with Crippen molar-refractivity contribution in [3.8, 4) is 5.75 Å². The van der Waals surface area contributed by atoms with E-state index in [1.165, 1.54) is 24.3 Å². The molecule has 0 saturated heterocycles. The van der Waals surface area contributed by atoms with Gasteiger partial charge in [-0.3, -0.25) is 0 Å². The average molecular weight is 271 g/mol. The van der Waals surface area contributed by atoms with Gasteiger partial charge in [0.15, 0.2) is 0 Å². The van der Waals surface area contributed by atoms with Gasteiger partial charge in [-0.15, -0.1) is 4.91 Å². The minimum Gasteiger partial charge on any atom is -0.508 e. The Balaban J connectivity index is 2.41. The van der Waals surface area contributed by atoms with E-state index in [1.54, 1.807) is 6.07 Å². The van der Waals surface area contributed by atoms with Gasteiger partial charge in [0, 0.05) is 11.5 Å². The summed E-state index contributed by atoms with van der Waals surface area (Å²) < 4.78 is 5.12. The lowest BCUT2D eigenvalue weighted by molar-refractivity contribution is 0.421. The Bertz CT molecular complexity index is 844. The Hall–Kier alpha value is -2.89. The molecule has 1 aliphatic carbocycles. The van der Waals surface area contributed by atoms with Crippen molar-refractivity contribution in [3.63, 3.8) is 0 Å². The molecule has 0 spiro atoms. The summed E-state index contributed by atoms with van der Waals surface area (Å²) >= 11 is 0. The molecule has 1 aliphatic rings. The predicted octanol–water partition coefficient (Wildman–Crippen LogP) is 2.60. The van der Waals surface area contributed by atoms with Crippen LogP contribution in [0, 0.1) is 4.91 Å². The molecule has 0 radical (unpaired) electrons. The molecule has 6 nitrogen and oxygen atoms in total. The van der Waals surface area contributed by atoms with Gasteiger partial charge in [0.05, 0.1) is 5.56 Å². The fraction of sp³-hybridized carbons (Fsp3) is 0.0714. The Kier molecular flexibility index (Phi) is 2.64. The normalized spacial score (nSPS) is 14.2. The van der Waals surface area contributed by atoms with Gasteiger partial charge >= 0.3 is 5.63 Å². The fourth-order valence-electron chi connectivity index (χ4n) is 2.22. The van der Waals surface area contributed by atoms with Crippen molar-refractivity contribution in [2.24, 2.45) is 5.18 Å². The zero-order chi connectivity index (χ0) is 14.3. The number of rotatable bonds is 1. The van der Waals surface area contributed by atoms with Crippen LogP contribution in [0.2, 0.25) is 0 Å². The molecule has 2 aromatic rings. The van der Waals surface area contributed by atoms with Gasteiger partial charge in [-0.2, -0.15) is 0 Å². The first-order valence-electron chi connectivity index (χ1n) is 5.83. The van der Waals surface area contributed by atoms with E-state index < -0.39 is 5.63 Å². The van der Waals surface area contributed by atoms with E-state index in [0.717, 1.165) is 0 Å². The number of nitrogens with zero attached hydrogens (tertiary/aromatic N) is 1. The molecule has 6 heteroatoms. The zero-order valence-corrected chi connectivity index (χ0v) is 10.2. The maximum atomic E-state index is 12.0. The van der Waals surface area contributed by atoms with Crippen LogP contribution in [0.5, 0.6) is 5.75 Å². The Morgan fingerprint density at radius 3 is 2.80 bits per heavy atom. The third-order valence-electron chi connectivity index (χ3n) is 3.18. The maximum absolute atomic E-state index is 12.0. The number of phenols is 1. The van der Waals surface area contributed by atoms with Gasteiger partial charge in [0.25, 0.3) is 0 Å². The Labute approximate surface area is 112 Å². The van der Waals surface area contributed by atoms with Crippen LogP contribution in [0.1, 0.15) is 11.1 Å². The summed E-state index contributed by atoms with van der Waals surface area (Å²) in [6, 6.07) is 4.43. The summed E-state index contributed by atoms with van der Waals surface area (Å²) in [6.07, 6.45) is 2.87. The quantitative estimate of drug-likeness (QED) is 0.613. The van der Waals surface area contributed by atoms with E-state index in [9.17, 15) is 19.9 Å². The average Bonchev–Trinajstić information content (AvgIpc) is 2.58. The Morgan fingerprint density at radius 2 is 2.05 bits per heavy atom. The molecule has 0 atom stereocenters. The topological polar surface area (TPSA) is 100 Å². The molecule has 0 amide bonds. The zero-order valence-electron chi connectivity index (χ0n) is 10.2. The second kappa shape index (κ2) is 4.34. The van der Waals surface area contributed by atoms with Crippen molar-refractivity contribution in [2.75, 3.05) is 0 Å². The lowest BCUT2D eigenvalue weighted by Crippen LogP contribution is -2.07. The van der Waals surface area contributed by atoms with Gasteiger partial charge in [-0.05, 0) is 41.4 Å². The molecule has 1 heterocycles. The summed E-state index contributed by atoms with van der Waals surface area (Å²) in [5, 5.41) is 22.4. The van der Waals surface area contributed by atoms with Crippen LogP contribution in [0.4, 0.5) is 0 Å². The molecular formula is C14H9NO5. The molecule has 0 aliphatic heterocycles. The van der Waals surface area contributed by atoms with E-state index in [4.69, 9.17) is 4.42 Å². The summed E-state index contributed by atoms with van der Waals surface area (Å²) in [4.78, 5) is 22.6. The molecule has 1 aromatic carbocycles. The van der Waals surface area contributed by atoms with Crippen molar-refractivity contribution in [3.05, 3.63) is 62.2 Å². The standard InChI is InChI=1S/C14H9NO5/c16-7-1-2-9-8-3-4-12(17)11(15-19)6-10(8)14(18)20-13(9)5-7/h1-2,4-6,16-17H,3H2. The van der Waals surface area contributed by atoms with E-state index in [1.807, 2.05) is 0 Å². The molecule has 3 rings (SSSR count). The van der Waals surface area contributed by atoms with E-state index in [2.05, 4.69) is 5.18 Å². The molecule has 20 heavy (non-hydrogen) atoms. The summed E-state index contributed by atoms with van der Waals surface area (Å²) in [5.41, 5.74) is 0.175. The van der Waals surface area contributed by atoms with Gasteiger partial charge in [0.1, 0.15) is 22.8 Å². The van der Waals surface area contributed by atoms with Crippen molar-refractivity contribution in [1.29, 1.82) is 0 Å². The van der Waals surface area contributed by atoms with Crippen molar-refractivity contribution < 1.29 is 14.6 Å². The highest BCUT2D eigenvalue weighted by atomic mass is 16.4. The molecule has 1 aromatic heterocycles. The first-order valence-corrected chi connectivity index (χ1v) is 5.83. The molecule has 2 N–H and O–H groups in total. The van der Waals surface area contributed by atoms with Crippen molar-refractivity contribution in [2.45, 2.75) is 6.42 Å². The minimum atomic E-state index is -0.651. The molecule has 0 saturated carbocycles. The van der Waals surface area contributed by atoms with Crippen molar-refractivity contribution >= 4 is 17.0 Å². The number of allylic oxidation sites excluding steroid dienone is 1. The number of hydrogen-bond acceptors (Lipinski definition) is 6. The number of phenolic OH excluding ortho intramolecular Hbond substituents is 1. The number of aliphatic hydroxyl groups is 1. The molecular weight excluding hydrogens is 262 g/mol. The summed E-state index contributed by atoms with van der Waals surface area (Å²) in [5.74, 6) is -0.291. The second-order valence-corrected chi connectivity index (χ2v) is 4.38. The van der Waals surface area contributed by atoms with Crippen LogP contribution in [0.15, 0.2) is 50.1 Å². The van der Waals surface area contributed by atoms with Crippen molar-refractivity contribution in [1.82, 2.24) is 0 Å². The van der Waals surface area contributed by atoms with Crippen LogP contribution in [0.3, 0.4) is 0 Å². The number of benzene rings is 1. The third-order valence-corrected chi connectivity index (χ3v) is 3.18. The highest BCUT2D eigenvalue weighted by Crippen LogP contribution is 2.28. The number of aromatic hydroxyl groups is 1. The molecule has 0 bridgehead atoms. The molecule has 100 valence electrons. The smallest absolute Gasteiger partial charge is 0.343 e. The summed E-state index contributed by atoms with van der Waals surface area (Å²) in [6.45, 7) is 0. The maximum Gasteiger partial charge on any atom is 0.343 e. The van der Waals surface area contributed by atoms with Crippen LogP contribution >= 0.6 is 0 Å². The van der Waals surface area contributed by atoms with Gasteiger partial charge < -0.3 is 14.6 Å². The van der Waals surface area contributed by atoms with Crippen LogP contribution in [-0.4, -0.2) is 10.2 Å². The minimum absolute atomic E-state index is 0.0154. The van der Waals surface area contributed by atoms with Gasteiger partial charge in [0.2, 0.25) is 0 Å². The number of nitroso groups, excluding NO2 is 1. The highest BCUT2D eigenvalue weighted by molar-refractivity contribution is 5.85. The summed E-state index contributed by atoms with van der Waals surface area (Å²) in [7, 11) is 0. The number of hydrogen-bond donors (Lipinski definition) is 2. The van der Waals surface area contributed by atoms with Gasteiger partial charge in [-0.1, -0.05) is 0 Å². The SMILES string of the molecule is O=NC1=Cc2c(c3ccc(O)cc3oc2=O)CC=C1O. The second-order valence-electron chi connectivity index (χ2n) is 4.38. The number of fused-ring (bicyclic) bond motifs is 3. The lowest BCUT2D eigenvalue weighted by atomic mass is 10.0. The number of aliphatic hydroxyl groups excluding tert-OH is 1. The van der Waals surface area contributed by atoms with E-state index in [0.29, 0.717) is 10.9 Å². The van der Waals surface area contributed by atoms with Crippen LogP contribution in [0.25, 0.3) is 17.0 Å². The van der Waals surface area contributed by atoms with Gasteiger partial charge in [-0.25, -0.2) is 4.79 Å². The fourth-order valence-corrected chi connectivity index (χ4v) is 2.22. The van der Waals surface area contributed by atoms with E-state index >= 15 is 0 Å².